The zero-order valence-corrected chi connectivity index (χ0v) is 15.8. The molecule has 0 aliphatic carbocycles. The average molecular weight is 363 g/mol. The van der Waals surface area contributed by atoms with Crippen LogP contribution in [0.4, 0.5) is 0 Å². The number of hydrogen-bond donors (Lipinski definition) is 1. The van der Waals surface area contributed by atoms with Gasteiger partial charge in [0.15, 0.2) is 5.76 Å². The Morgan fingerprint density at radius 1 is 1.20 bits per heavy atom. The average Bonchev–Trinajstić information content (AvgIpc) is 3.19. The lowest BCUT2D eigenvalue weighted by molar-refractivity contribution is 0.246. The lowest BCUT2D eigenvalue weighted by Gasteiger charge is -2.29. The highest BCUT2D eigenvalue weighted by Gasteiger charge is 2.29. The van der Waals surface area contributed by atoms with E-state index in [9.17, 15) is 8.42 Å². The second-order valence-electron chi connectivity index (χ2n) is 6.62. The first-order valence-corrected chi connectivity index (χ1v) is 10.1. The van der Waals surface area contributed by atoms with Gasteiger partial charge in [-0.3, -0.25) is 4.90 Å². The fourth-order valence-corrected chi connectivity index (χ4v) is 4.93. The molecule has 3 rings (SSSR count). The highest BCUT2D eigenvalue weighted by atomic mass is 32.2. The van der Waals surface area contributed by atoms with Crippen LogP contribution < -0.4 is 4.72 Å². The van der Waals surface area contributed by atoms with Crippen molar-refractivity contribution < 1.29 is 12.9 Å². The molecular weight excluding hydrogens is 338 g/mol. The van der Waals surface area contributed by atoms with Crippen molar-refractivity contribution in [1.82, 2.24) is 14.8 Å². The summed E-state index contributed by atoms with van der Waals surface area (Å²) in [6, 6.07) is 8.20. The molecule has 25 heavy (non-hydrogen) atoms. The van der Waals surface area contributed by atoms with E-state index in [1.807, 2.05) is 12.1 Å². The van der Waals surface area contributed by atoms with Crippen LogP contribution in [0.2, 0.25) is 0 Å². The number of likely N-dealkylation sites (tertiary alicyclic amines) is 1. The molecule has 1 aliphatic heterocycles. The van der Waals surface area contributed by atoms with Crippen molar-refractivity contribution in [3.05, 3.63) is 46.8 Å². The topological polar surface area (TPSA) is 75.4 Å². The third-order valence-electron chi connectivity index (χ3n) is 4.83. The Balaban J connectivity index is 1.85. The summed E-state index contributed by atoms with van der Waals surface area (Å²) >= 11 is 0. The summed E-state index contributed by atoms with van der Waals surface area (Å²) < 4.78 is 33.3. The van der Waals surface area contributed by atoms with E-state index in [4.69, 9.17) is 4.52 Å². The number of aryl methyl sites for hydroxylation is 3. The number of sulfonamides is 1. The first-order chi connectivity index (χ1) is 11.9. The quantitative estimate of drug-likeness (QED) is 0.854. The lowest BCUT2D eigenvalue weighted by Crippen LogP contribution is -2.37. The summed E-state index contributed by atoms with van der Waals surface area (Å²) in [5, 5.41) is 3.75. The number of nitrogens with zero attached hydrogens (tertiary/aromatic N) is 2. The molecule has 1 aromatic heterocycles. The van der Waals surface area contributed by atoms with Gasteiger partial charge in [0.2, 0.25) is 10.0 Å². The van der Waals surface area contributed by atoms with Gasteiger partial charge in [0.25, 0.3) is 0 Å². The Bertz CT molecular complexity index is 820. The van der Waals surface area contributed by atoms with E-state index in [0.29, 0.717) is 18.0 Å². The summed E-state index contributed by atoms with van der Waals surface area (Å²) in [5.41, 5.74) is 2.74. The predicted octanol–water partition coefficient (Wildman–Crippen LogP) is 2.72. The summed E-state index contributed by atoms with van der Waals surface area (Å²) in [7, 11) is -3.66. The van der Waals surface area contributed by atoms with Gasteiger partial charge < -0.3 is 4.52 Å². The molecule has 2 aromatic rings. The molecule has 1 saturated heterocycles. The summed E-state index contributed by atoms with van der Waals surface area (Å²) in [5.74, 6) is 0.318. The highest BCUT2D eigenvalue weighted by molar-refractivity contribution is 7.89. The van der Waals surface area contributed by atoms with Gasteiger partial charge >= 0.3 is 0 Å². The SMILES string of the molecule is Cc1ccccc1C(CNS(=O)(=O)c1c(C)noc1C)N1CCCC1. The van der Waals surface area contributed by atoms with E-state index in [2.05, 4.69) is 33.8 Å². The fourth-order valence-electron chi connectivity index (χ4n) is 3.57. The maximum Gasteiger partial charge on any atom is 0.246 e. The number of nitrogens with one attached hydrogen (secondary N) is 1. The van der Waals surface area contributed by atoms with Crippen LogP contribution >= 0.6 is 0 Å². The predicted molar refractivity (Wildman–Crippen MR) is 95.9 cm³/mol. The van der Waals surface area contributed by atoms with Crippen LogP contribution in [0.15, 0.2) is 33.7 Å². The van der Waals surface area contributed by atoms with Gasteiger partial charge in [0, 0.05) is 12.6 Å². The number of aromatic nitrogens is 1. The molecule has 0 saturated carbocycles. The van der Waals surface area contributed by atoms with Gasteiger partial charge in [-0.25, -0.2) is 13.1 Å². The number of benzene rings is 1. The van der Waals surface area contributed by atoms with Crippen LogP contribution in [0.3, 0.4) is 0 Å². The minimum Gasteiger partial charge on any atom is -0.360 e. The molecule has 0 bridgehead atoms. The largest absolute Gasteiger partial charge is 0.360 e. The Morgan fingerprint density at radius 2 is 1.88 bits per heavy atom. The van der Waals surface area contributed by atoms with Gasteiger partial charge in [0.1, 0.15) is 10.6 Å². The molecule has 7 heteroatoms. The van der Waals surface area contributed by atoms with Crippen LogP contribution in [0.5, 0.6) is 0 Å². The number of rotatable bonds is 6. The van der Waals surface area contributed by atoms with Crippen LogP contribution in [-0.4, -0.2) is 38.1 Å². The lowest BCUT2D eigenvalue weighted by atomic mass is 10.0. The zero-order chi connectivity index (χ0) is 18.0. The zero-order valence-electron chi connectivity index (χ0n) is 14.9. The minimum atomic E-state index is -3.66. The minimum absolute atomic E-state index is 0.0268. The fraction of sp³-hybridized carbons (Fsp3) is 0.500. The molecule has 6 nitrogen and oxygen atoms in total. The summed E-state index contributed by atoms with van der Waals surface area (Å²) in [6.07, 6.45) is 2.30. The normalized spacial score (nSPS) is 17.1. The Hall–Kier alpha value is -1.70. The monoisotopic (exact) mass is 363 g/mol. The molecule has 0 radical (unpaired) electrons. The van der Waals surface area contributed by atoms with Crippen LogP contribution in [0.25, 0.3) is 0 Å². The van der Waals surface area contributed by atoms with Crippen molar-refractivity contribution in [3.63, 3.8) is 0 Å². The molecule has 1 unspecified atom stereocenters. The van der Waals surface area contributed by atoms with Gasteiger partial charge in [-0.1, -0.05) is 29.4 Å². The molecule has 0 amide bonds. The van der Waals surface area contributed by atoms with Crippen LogP contribution in [0.1, 0.15) is 41.5 Å². The first kappa shape index (κ1) is 18.1. The molecule has 0 spiro atoms. The van der Waals surface area contributed by atoms with Crippen molar-refractivity contribution in [2.45, 2.75) is 44.6 Å². The van der Waals surface area contributed by atoms with Crippen molar-refractivity contribution in [2.75, 3.05) is 19.6 Å². The van der Waals surface area contributed by atoms with E-state index in [1.165, 1.54) is 11.1 Å². The molecule has 2 heterocycles. The van der Waals surface area contributed by atoms with Gasteiger partial charge in [-0.15, -0.1) is 0 Å². The smallest absolute Gasteiger partial charge is 0.246 e. The maximum atomic E-state index is 12.7. The molecule has 1 fully saturated rings. The standard InChI is InChI=1S/C18H25N3O3S/c1-13-8-4-5-9-16(13)17(21-10-6-7-11-21)12-19-25(22,23)18-14(2)20-24-15(18)3/h4-5,8-9,17,19H,6-7,10-12H2,1-3H3. The van der Waals surface area contributed by atoms with E-state index in [0.717, 1.165) is 25.9 Å². The summed E-state index contributed by atoms with van der Waals surface area (Å²) in [4.78, 5) is 2.51. The van der Waals surface area contributed by atoms with Crippen LogP contribution in [-0.2, 0) is 10.0 Å². The molecular formula is C18H25N3O3S. The number of hydrogen-bond acceptors (Lipinski definition) is 5. The van der Waals surface area contributed by atoms with Gasteiger partial charge in [-0.05, 0) is 57.8 Å². The Kier molecular flexibility index (Phi) is 5.27. The Labute approximate surface area is 149 Å². The highest BCUT2D eigenvalue weighted by Crippen LogP contribution is 2.28. The van der Waals surface area contributed by atoms with Crippen molar-refractivity contribution in [1.29, 1.82) is 0 Å². The molecule has 1 aliphatic rings. The molecule has 136 valence electrons. The third kappa shape index (κ3) is 3.78. The third-order valence-corrected chi connectivity index (χ3v) is 6.50. The van der Waals surface area contributed by atoms with Crippen LogP contribution in [0, 0.1) is 20.8 Å². The van der Waals surface area contributed by atoms with E-state index in [-0.39, 0.29) is 10.9 Å². The van der Waals surface area contributed by atoms with Gasteiger partial charge in [0.05, 0.1) is 0 Å². The van der Waals surface area contributed by atoms with Crippen molar-refractivity contribution in [3.8, 4) is 0 Å². The second kappa shape index (κ2) is 7.27. The Morgan fingerprint density at radius 3 is 2.48 bits per heavy atom. The van der Waals surface area contributed by atoms with Crippen molar-refractivity contribution >= 4 is 10.0 Å². The molecule has 1 N–H and O–H groups in total. The maximum absolute atomic E-state index is 12.7. The first-order valence-electron chi connectivity index (χ1n) is 8.62. The molecule has 1 atom stereocenters. The van der Waals surface area contributed by atoms with Crippen molar-refractivity contribution in [2.24, 2.45) is 0 Å². The summed E-state index contributed by atoms with van der Waals surface area (Å²) in [6.45, 7) is 7.65. The van der Waals surface area contributed by atoms with E-state index in [1.54, 1.807) is 13.8 Å². The van der Waals surface area contributed by atoms with Gasteiger partial charge in [-0.2, -0.15) is 0 Å². The van der Waals surface area contributed by atoms with E-state index < -0.39 is 10.0 Å². The molecule has 1 aromatic carbocycles. The van der Waals surface area contributed by atoms with E-state index >= 15 is 0 Å². The second-order valence-corrected chi connectivity index (χ2v) is 8.32.